The molecule has 2 nitrogen and oxygen atoms in total. The summed E-state index contributed by atoms with van der Waals surface area (Å²) in [5, 5.41) is 0. The maximum absolute atomic E-state index is 12.5. The van der Waals surface area contributed by atoms with Crippen LogP contribution in [0.4, 0.5) is 0 Å². The standard InChI is InChI=1S/C18H25BrO2/c1-3-4-13-5-7-14(8-6-13)17(20)12-15-11-16(19)9-10-18(15)21-2/h9-11,13-14H,3-8,12H2,1-2H3. The van der Waals surface area contributed by atoms with E-state index in [1.807, 2.05) is 18.2 Å². The molecule has 1 fully saturated rings. The maximum Gasteiger partial charge on any atom is 0.140 e. The average molecular weight is 353 g/mol. The number of Topliss-reactive ketones (excluding diaryl/α,β-unsaturated/α-hetero) is 1. The number of methoxy groups -OCH3 is 1. The number of carbonyl (C=O) groups is 1. The van der Waals surface area contributed by atoms with E-state index < -0.39 is 0 Å². The van der Waals surface area contributed by atoms with Crippen LogP contribution in [0.2, 0.25) is 0 Å². The molecule has 0 aromatic heterocycles. The summed E-state index contributed by atoms with van der Waals surface area (Å²) in [5.41, 5.74) is 0.993. The number of rotatable bonds is 6. The predicted molar refractivity (Wildman–Crippen MR) is 89.8 cm³/mol. The number of hydrogen-bond donors (Lipinski definition) is 0. The van der Waals surface area contributed by atoms with E-state index in [9.17, 15) is 4.79 Å². The van der Waals surface area contributed by atoms with Crippen molar-refractivity contribution in [3.8, 4) is 5.75 Å². The highest BCUT2D eigenvalue weighted by atomic mass is 79.9. The van der Waals surface area contributed by atoms with E-state index in [-0.39, 0.29) is 5.92 Å². The molecule has 0 heterocycles. The van der Waals surface area contributed by atoms with Gasteiger partial charge in [-0.2, -0.15) is 0 Å². The second-order valence-corrected chi connectivity index (χ2v) is 7.02. The van der Waals surface area contributed by atoms with Gasteiger partial charge in [-0.25, -0.2) is 0 Å². The van der Waals surface area contributed by atoms with E-state index in [2.05, 4.69) is 22.9 Å². The van der Waals surface area contributed by atoms with Crippen molar-refractivity contribution in [1.82, 2.24) is 0 Å². The van der Waals surface area contributed by atoms with Crippen LogP contribution >= 0.6 is 15.9 Å². The zero-order chi connectivity index (χ0) is 15.2. The summed E-state index contributed by atoms with van der Waals surface area (Å²) >= 11 is 3.47. The minimum atomic E-state index is 0.252. The summed E-state index contributed by atoms with van der Waals surface area (Å²) in [5.74, 6) is 2.29. The molecular weight excluding hydrogens is 328 g/mol. The molecule has 0 radical (unpaired) electrons. The molecule has 2 rings (SSSR count). The van der Waals surface area contributed by atoms with Crippen molar-refractivity contribution in [3.05, 3.63) is 28.2 Å². The van der Waals surface area contributed by atoms with E-state index in [0.29, 0.717) is 12.2 Å². The van der Waals surface area contributed by atoms with Crippen molar-refractivity contribution in [2.45, 2.75) is 51.9 Å². The normalized spacial score (nSPS) is 22.0. The van der Waals surface area contributed by atoms with E-state index in [1.165, 1.54) is 25.7 Å². The first-order valence-electron chi connectivity index (χ1n) is 7.99. The highest BCUT2D eigenvalue weighted by molar-refractivity contribution is 9.10. The lowest BCUT2D eigenvalue weighted by Gasteiger charge is -2.27. The number of hydrogen-bond acceptors (Lipinski definition) is 2. The number of ether oxygens (including phenoxy) is 1. The lowest BCUT2D eigenvalue weighted by molar-refractivity contribution is -0.123. The number of halogens is 1. The van der Waals surface area contributed by atoms with Crippen LogP contribution in [-0.4, -0.2) is 12.9 Å². The number of ketones is 1. The molecule has 0 atom stereocenters. The molecule has 3 heteroatoms. The molecule has 0 unspecified atom stereocenters. The van der Waals surface area contributed by atoms with Crippen LogP contribution in [0.5, 0.6) is 5.75 Å². The quantitative estimate of drug-likeness (QED) is 0.705. The SMILES string of the molecule is CCCC1CCC(C(=O)Cc2cc(Br)ccc2OC)CC1. The minimum Gasteiger partial charge on any atom is -0.496 e. The van der Waals surface area contributed by atoms with Crippen LogP contribution in [0.15, 0.2) is 22.7 Å². The first-order valence-corrected chi connectivity index (χ1v) is 8.78. The zero-order valence-electron chi connectivity index (χ0n) is 13.0. The molecule has 1 aliphatic rings. The Morgan fingerprint density at radius 3 is 2.62 bits per heavy atom. The van der Waals surface area contributed by atoms with E-state index in [0.717, 1.165) is 34.5 Å². The first-order chi connectivity index (χ1) is 10.1. The predicted octanol–water partition coefficient (Wildman–Crippen LogP) is 5.18. The molecular formula is C18H25BrO2. The molecule has 0 amide bonds. The van der Waals surface area contributed by atoms with Gasteiger partial charge in [0, 0.05) is 22.4 Å². The van der Waals surface area contributed by atoms with Crippen LogP contribution in [0.1, 0.15) is 51.0 Å². The fourth-order valence-electron chi connectivity index (χ4n) is 3.40. The Morgan fingerprint density at radius 1 is 1.29 bits per heavy atom. The molecule has 0 saturated heterocycles. The topological polar surface area (TPSA) is 26.3 Å². The van der Waals surface area contributed by atoms with Gasteiger partial charge in [0.1, 0.15) is 11.5 Å². The fraction of sp³-hybridized carbons (Fsp3) is 0.611. The largest absolute Gasteiger partial charge is 0.496 e. The van der Waals surface area contributed by atoms with Gasteiger partial charge in [0.25, 0.3) is 0 Å². The molecule has 0 bridgehead atoms. The van der Waals surface area contributed by atoms with Gasteiger partial charge in [0.2, 0.25) is 0 Å². The van der Waals surface area contributed by atoms with E-state index >= 15 is 0 Å². The summed E-state index contributed by atoms with van der Waals surface area (Å²) in [7, 11) is 1.66. The van der Waals surface area contributed by atoms with Crippen LogP contribution in [0.3, 0.4) is 0 Å². The molecule has 0 N–H and O–H groups in total. The van der Waals surface area contributed by atoms with Crippen LogP contribution < -0.4 is 4.74 Å². The number of benzene rings is 1. The van der Waals surface area contributed by atoms with Gasteiger partial charge in [0.05, 0.1) is 7.11 Å². The molecule has 0 aliphatic heterocycles. The van der Waals surface area contributed by atoms with Crippen LogP contribution in [0, 0.1) is 11.8 Å². The molecule has 0 spiro atoms. The third-order valence-corrected chi connectivity index (χ3v) is 5.10. The highest BCUT2D eigenvalue weighted by Crippen LogP contribution is 2.33. The number of carbonyl (C=O) groups excluding carboxylic acids is 1. The Morgan fingerprint density at radius 2 is 2.00 bits per heavy atom. The van der Waals surface area contributed by atoms with Crippen LogP contribution in [0.25, 0.3) is 0 Å². The lowest BCUT2D eigenvalue weighted by Crippen LogP contribution is -2.23. The van der Waals surface area contributed by atoms with Gasteiger partial charge in [-0.05, 0) is 49.8 Å². The second kappa shape index (κ2) is 7.98. The van der Waals surface area contributed by atoms with Crippen molar-refractivity contribution in [2.24, 2.45) is 11.8 Å². The van der Waals surface area contributed by atoms with Crippen molar-refractivity contribution >= 4 is 21.7 Å². The summed E-state index contributed by atoms with van der Waals surface area (Å²) in [6.45, 7) is 2.25. The van der Waals surface area contributed by atoms with Gasteiger partial charge in [-0.1, -0.05) is 35.7 Å². The molecule has 1 aromatic carbocycles. The summed E-state index contributed by atoms with van der Waals surface area (Å²) < 4.78 is 6.36. The summed E-state index contributed by atoms with van der Waals surface area (Å²) in [6, 6.07) is 5.87. The lowest BCUT2D eigenvalue weighted by atomic mass is 9.77. The summed E-state index contributed by atoms with van der Waals surface area (Å²) in [4.78, 5) is 12.5. The monoisotopic (exact) mass is 352 g/mol. The van der Waals surface area contributed by atoms with Gasteiger partial charge in [-0.15, -0.1) is 0 Å². The van der Waals surface area contributed by atoms with Crippen molar-refractivity contribution in [3.63, 3.8) is 0 Å². The van der Waals surface area contributed by atoms with Gasteiger partial charge in [-0.3, -0.25) is 4.79 Å². The van der Waals surface area contributed by atoms with E-state index in [1.54, 1.807) is 7.11 Å². The molecule has 116 valence electrons. The van der Waals surface area contributed by atoms with Crippen molar-refractivity contribution in [2.75, 3.05) is 7.11 Å². The first kappa shape index (κ1) is 16.5. The minimum absolute atomic E-state index is 0.252. The third kappa shape index (κ3) is 4.57. The smallest absolute Gasteiger partial charge is 0.140 e. The fourth-order valence-corrected chi connectivity index (χ4v) is 3.81. The van der Waals surface area contributed by atoms with Crippen LogP contribution in [-0.2, 0) is 11.2 Å². The molecule has 21 heavy (non-hydrogen) atoms. The summed E-state index contributed by atoms with van der Waals surface area (Å²) in [6.07, 6.45) is 7.66. The highest BCUT2D eigenvalue weighted by Gasteiger charge is 2.26. The van der Waals surface area contributed by atoms with Gasteiger partial charge < -0.3 is 4.74 Å². The Bertz CT molecular complexity index is 476. The zero-order valence-corrected chi connectivity index (χ0v) is 14.6. The van der Waals surface area contributed by atoms with Crippen molar-refractivity contribution in [1.29, 1.82) is 0 Å². The van der Waals surface area contributed by atoms with Crippen molar-refractivity contribution < 1.29 is 9.53 Å². The Balaban J connectivity index is 1.95. The molecule has 1 aromatic rings. The Hall–Kier alpha value is -0.830. The molecule has 1 aliphatic carbocycles. The van der Waals surface area contributed by atoms with Gasteiger partial charge in [0.15, 0.2) is 0 Å². The Kier molecular flexibility index (Phi) is 6.28. The average Bonchev–Trinajstić information content (AvgIpc) is 2.48. The third-order valence-electron chi connectivity index (χ3n) is 4.61. The Labute approximate surface area is 136 Å². The van der Waals surface area contributed by atoms with E-state index in [4.69, 9.17) is 4.74 Å². The molecule has 1 saturated carbocycles. The second-order valence-electron chi connectivity index (χ2n) is 6.11. The van der Waals surface area contributed by atoms with Gasteiger partial charge >= 0.3 is 0 Å². The maximum atomic E-state index is 12.5.